The largest absolute Gasteiger partial charge is 0.496 e. The van der Waals surface area contributed by atoms with E-state index in [0.717, 1.165) is 6.07 Å². The van der Waals surface area contributed by atoms with E-state index in [2.05, 4.69) is 10.1 Å². The summed E-state index contributed by atoms with van der Waals surface area (Å²) >= 11 is 0. The summed E-state index contributed by atoms with van der Waals surface area (Å²) in [6.45, 7) is -1.000. The summed E-state index contributed by atoms with van der Waals surface area (Å²) in [6, 6.07) is 2.52. The maximum Gasteiger partial charge on any atom is 0.387 e. The molecule has 3 N–H and O–H groups in total. The van der Waals surface area contributed by atoms with Gasteiger partial charge < -0.3 is 20.5 Å². The number of alkyl halides is 2. The van der Waals surface area contributed by atoms with E-state index in [0.29, 0.717) is 6.54 Å². The molecule has 0 aliphatic carbocycles. The summed E-state index contributed by atoms with van der Waals surface area (Å²) in [5.74, 6) is -0.797. The molecule has 0 aliphatic heterocycles. The second-order valence-electron chi connectivity index (χ2n) is 3.33. The number of nitrogens with one attached hydrogen (secondary N) is 1. The number of hydrogen-bond donors (Lipinski definition) is 2. The Morgan fingerprint density at radius 3 is 2.56 bits per heavy atom. The average molecular weight is 260 g/mol. The smallest absolute Gasteiger partial charge is 0.387 e. The quantitative estimate of drug-likeness (QED) is 0.789. The van der Waals surface area contributed by atoms with Crippen molar-refractivity contribution in [3.05, 3.63) is 17.7 Å². The van der Waals surface area contributed by atoms with Crippen LogP contribution in [0.2, 0.25) is 0 Å². The number of carbonyl (C=O) groups is 1. The van der Waals surface area contributed by atoms with Gasteiger partial charge in [0.15, 0.2) is 0 Å². The molecule has 100 valence electrons. The van der Waals surface area contributed by atoms with Crippen LogP contribution in [0.1, 0.15) is 17.3 Å². The highest BCUT2D eigenvalue weighted by Gasteiger charge is 2.21. The summed E-state index contributed by atoms with van der Waals surface area (Å²) in [4.78, 5) is 11.8. The van der Waals surface area contributed by atoms with Crippen molar-refractivity contribution in [2.24, 2.45) is 0 Å². The van der Waals surface area contributed by atoms with Gasteiger partial charge in [0.25, 0.3) is 5.91 Å². The molecule has 5 nitrogen and oxygen atoms in total. The highest BCUT2D eigenvalue weighted by molar-refractivity contribution is 6.00. The monoisotopic (exact) mass is 260 g/mol. The maximum absolute atomic E-state index is 12.3. The molecule has 1 amide bonds. The van der Waals surface area contributed by atoms with E-state index in [4.69, 9.17) is 10.5 Å². The lowest BCUT2D eigenvalue weighted by molar-refractivity contribution is -0.0502. The average Bonchev–Trinajstić information content (AvgIpc) is 2.27. The van der Waals surface area contributed by atoms with Crippen molar-refractivity contribution in [2.45, 2.75) is 13.5 Å². The van der Waals surface area contributed by atoms with Crippen molar-refractivity contribution in [1.82, 2.24) is 5.32 Å². The molecule has 0 aliphatic rings. The predicted molar refractivity (Wildman–Crippen MR) is 62.0 cm³/mol. The van der Waals surface area contributed by atoms with Crippen LogP contribution in [-0.4, -0.2) is 26.2 Å². The molecule has 0 saturated carbocycles. The summed E-state index contributed by atoms with van der Waals surface area (Å²) in [5, 5.41) is 2.48. The van der Waals surface area contributed by atoms with E-state index >= 15 is 0 Å². The van der Waals surface area contributed by atoms with Crippen LogP contribution in [0.25, 0.3) is 0 Å². The standard InChI is InChI=1S/C11H14F2N2O3/c1-3-15-10(16)9-7(17-2)4-6(14)5-8(9)18-11(12)13/h4-5,11H,3,14H2,1-2H3,(H,15,16). The van der Waals surface area contributed by atoms with Crippen molar-refractivity contribution in [2.75, 3.05) is 19.4 Å². The molecule has 0 fully saturated rings. The number of nitrogen functional groups attached to an aromatic ring is 1. The van der Waals surface area contributed by atoms with Crippen molar-refractivity contribution in [3.63, 3.8) is 0 Å². The van der Waals surface area contributed by atoms with Crippen molar-refractivity contribution in [1.29, 1.82) is 0 Å². The number of carbonyl (C=O) groups excluding carboxylic acids is 1. The SMILES string of the molecule is CCNC(=O)c1c(OC)cc(N)cc1OC(F)F. The predicted octanol–water partition coefficient (Wildman–Crippen LogP) is 1.63. The summed E-state index contributed by atoms with van der Waals surface area (Å²) in [5.41, 5.74) is 5.58. The normalized spacial score (nSPS) is 10.3. The van der Waals surface area contributed by atoms with Gasteiger partial charge in [0.05, 0.1) is 7.11 Å². The van der Waals surface area contributed by atoms with Gasteiger partial charge in [-0.25, -0.2) is 0 Å². The third-order valence-electron chi connectivity index (χ3n) is 2.09. The Bertz CT molecular complexity index is 439. The molecule has 0 bridgehead atoms. The Kier molecular flexibility index (Phi) is 4.70. The topological polar surface area (TPSA) is 73.6 Å². The van der Waals surface area contributed by atoms with Crippen LogP contribution >= 0.6 is 0 Å². The number of amides is 1. The minimum atomic E-state index is -3.05. The number of methoxy groups -OCH3 is 1. The zero-order valence-electron chi connectivity index (χ0n) is 10.00. The molecular formula is C11H14F2N2O3. The van der Waals surface area contributed by atoms with Crippen molar-refractivity contribution >= 4 is 11.6 Å². The van der Waals surface area contributed by atoms with E-state index < -0.39 is 12.5 Å². The van der Waals surface area contributed by atoms with Crippen LogP contribution < -0.4 is 20.5 Å². The van der Waals surface area contributed by atoms with E-state index in [1.807, 2.05) is 0 Å². The molecule has 1 aromatic rings. The Morgan fingerprint density at radius 2 is 2.06 bits per heavy atom. The molecular weight excluding hydrogens is 246 g/mol. The molecule has 0 aromatic heterocycles. The molecule has 18 heavy (non-hydrogen) atoms. The fourth-order valence-electron chi connectivity index (χ4n) is 1.43. The number of nitrogens with two attached hydrogens (primary N) is 1. The molecule has 1 rings (SSSR count). The van der Waals surface area contributed by atoms with Crippen molar-refractivity contribution < 1.29 is 23.0 Å². The fourth-order valence-corrected chi connectivity index (χ4v) is 1.43. The number of hydrogen-bond acceptors (Lipinski definition) is 4. The Morgan fingerprint density at radius 1 is 1.44 bits per heavy atom. The Balaban J connectivity index is 3.27. The van der Waals surface area contributed by atoms with Crippen LogP contribution in [-0.2, 0) is 0 Å². The van der Waals surface area contributed by atoms with E-state index in [9.17, 15) is 13.6 Å². The number of ether oxygens (including phenoxy) is 2. The number of anilines is 1. The molecule has 0 atom stereocenters. The second-order valence-corrected chi connectivity index (χ2v) is 3.33. The molecule has 0 heterocycles. The van der Waals surface area contributed by atoms with Crippen molar-refractivity contribution in [3.8, 4) is 11.5 Å². The van der Waals surface area contributed by atoms with Gasteiger partial charge in [-0.05, 0) is 6.92 Å². The maximum atomic E-state index is 12.3. The lowest BCUT2D eigenvalue weighted by Gasteiger charge is -2.14. The highest BCUT2D eigenvalue weighted by atomic mass is 19.3. The molecule has 0 unspecified atom stereocenters. The lowest BCUT2D eigenvalue weighted by Crippen LogP contribution is -2.24. The van der Waals surface area contributed by atoms with Crippen LogP contribution in [0.5, 0.6) is 11.5 Å². The van der Waals surface area contributed by atoms with Gasteiger partial charge in [-0.2, -0.15) is 8.78 Å². The van der Waals surface area contributed by atoms with Gasteiger partial charge in [0, 0.05) is 24.4 Å². The zero-order valence-corrected chi connectivity index (χ0v) is 10.00. The van der Waals surface area contributed by atoms with Crippen LogP contribution in [0.15, 0.2) is 12.1 Å². The first-order valence-electron chi connectivity index (χ1n) is 5.20. The van der Waals surface area contributed by atoms with Gasteiger partial charge >= 0.3 is 6.61 Å². The van der Waals surface area contributed by atoms with Gasteiger partial charge in [0.1, 0.15) is 17.1 Å². The van der Waals surface area contributed by atoms with E-state index in [1.165, 1.54) is 13.2 Å². The summed E-state index contributed by atoms with van der Waals surface area (Å²) in [6.07, 6.45) is 0. The minimum absolute atomic E-state index is 0.0802. The number of rotatable bonds is 5. The summed E-state index contributed by atoms with van der Waals surface area (Å²) < 4.78 is 33.8. The van der Waals surface area contributed by atoms with Crippen LogP contribution in [0, 0.1) is 0 Å². The third kappa shape index (κ3) is 3.22. The molecule has 0 saturated heterocycles. The Labute approximate surface area is 103 Å². The zero-order chi connectivity index (χ0) is 13.7. The minimum Gasteiger partial charge on any atom is -0.496 e. The molecule has 0 radical (unpaired) electrons. The molecule has 0 spiro atoms. The third-order valence-corrected chi connectivity index (χ3v) is 2.09. The Hall–Kier alpha value is -2.05. The first-order chi connectivity index (χ1) is 8.49. The van der Waals surface area contributed by atoms with Gasteiger partial charge in [0.2, 0.25) is 0 Å². The van der Waals surface area contributed by atoms with E-state index in [-0.39, 0.29) is 22.7 Å². The van der Waals surface area contributed by atoms with Gasteiger partial charge in [-0.15, -0.1) is 0 Å². The van der Waals surface area contributed by atoms with Gasteiger partial charge in [-0.1, -0.05) is 0 Å². The molecule has 1 aromatic carbocycles. The van der Waals surface area contributed by atoms with E-state index in [1.54, 1.807) is 6.92 Å². The van der Waals surface area contributed by atoms with Crippen LogP contribution in [0.4, 0.5) is 14.5 Å². The highest BCUT2D eigenvalue weighted by Crippen LogP contribution is 2.32. The second kappa shape index (κ2) is 6.04. The number of halogens is 2. The number of benzene rings is 1. The lowest BCUT2D eigenvalue weighted by atomic mass is 10.1. The first kappa shape index (κ1) is 14.0. The fraction of sp³-hybridized carbons (Fsp3) is 0.364. The van der Waals surface area contributed by atoms with Crippen LogP contribution in [0.3, 0.4) is 0 Å². The van der Waals surface area contributed by atoms with Gasteiger partial charge in [-0.3, -0.25) is 4.79 Å². The summed E-state index contributed by atoms with van der Waals surface area (Å²) in [7, 11) is 1.31. The first-order valence-corrected chi connectivity index (χ1v) is 5.20. The molecule has 7 heteroatoms.